The number of Topliss-reactive ketones (excluding diaryl/α,β-unsaturated/α-hetero) is 1. The molecular weight excluding hydrogens is 361 g/mol. The van der Waals surface area contributed by atoms with Gasteiger partial charge in [-0.2, -0.15) is 0 Å². The molecule has 0 saturated carbocycles. The maximum Gasteiger partial charge on any atom is 0.168 e. The molecule has 0 saturated heterocycles. The van der Waals surface area contributed by atoms with Gasteiger partial charge in [-0.15, -0.1) is 0 Å². The van der Waals surface area contributed by atoms with Crippen molar-refractivity contribution in [1.82, 2.24) is 0 Å². The molecular formula is C13H14INO2S. The van der Waals surface area contributed by atoms with Crippen molar-refractivity contribution in [3.8, 4) is 5.75 Å². The molecule has 0 aromatic heterocycles. The molecule has 96 valence electrons. The van der Waals surface area contributed by atoms with Gasteiger partial charge in [0.15, 0.2) is 5.78 Å². The lowest BCUT2D eigenvalue weighted by Gasteiger charge is -2.19. The molecule has 18 heavy (non-hydrogen) atoms. The first-order valence-corrected chi connectivity index (χ1v) is 7.52. The van der Waals surface area contributed by atoms with Gasteiger partial charge in [0.1, 0.15) is 5.75 Å². The SMILES string of the molecule is CCN1C(=C(I)C(C)=O)Sc2ccc(OC)cc21. The summed E-state index contributed by atoms with van der Waals surface area (Å²) in [4.78, 5) is 14.9. The van der Waals surface area contributed by atoms with E-state index >= 15 is 0 Å². The number of ether oxygens (including phenoxy) is 1. The van der Waals surface area contributed by atoms with Crippen LogP contribution < -0.4 is 9.64 Å². The Kier molecular flexibility index (Phi) is 4.21. The summed E-state index contributed by atoms with van der Waals surface area (Å²) in [5.41, 5.74) is 1.12. The Balaban J connectivity index is 2.50. The van der Waals surface area contributed by atoms with Crippen LogP contribution in [0.2, 0.25) is 0 Å². The number of methoxy groups -OCH3 is 1. The number of carbonyl (C=O) groups excluding carboxylic acids is 1. The summed E-state index contributed by atoms with van der Waals surface area (Å²) >= 11 is 3.77. The van der Waals surface area contributed by atoms with Gasteiger partial charge in [0.2, 0.25) is 0 Å². The van der Waals surface area contributed by atoms with E-state index in [1.54, 1.807) is 25.8 Å². The molecule has 5 heteroatoms. The molecule has 1 aliphatic heterocycles. The number of benzene rings is 1. The molecule has 0 aliphatic carbocycles. The van der Waals surface area contributed by atoms with E-state index in [1.807, 2.05) is 18.2 Å². The van der Waals surface area contributed by atoms with Gasteiger partial charge >= 0.3 is 0 Å². The highest BCUT2D eigenvalue weighted by Gasteiger charge is 2.27. The number of halogens is 1. The van der Waals surface area contributed by atoms with Crippen molar-refractivity contribution in [2.24, 2.45) is 0 Å². The van der Waals surface area contributed by atoms with E-state index < -0.39 is 0 Å². The summed E-state index contributed by atoms with van der Waals surface area (Å²) in [7, 11) is 1.66. The Bertz CT molecular complexity index is 528. The van der Waals surface area contributed by atoms with E-state index in [0.717, 1.165) is 26.6 Å². The molecule has 1 aromatic carbocycles. The van der Waals surface area contributed by atoms with Crippen molar-refractivity contribution in [3.63, 3.8) is 0 Å². The summed E-state index contributed by atoms with van der Waals surface area (Å²) in [5.74, 6) is 0.947. The predicted molar refractivity (Wildman–Crippen MR) is 83.6 cm³/mol. The van der Waals surface area contributed by atoms with Crippen LogP contribution >= 0.6 is 34.4 Å². The highest BCUT2D eigenvalue weighted by atomic mass is 127. The van der Waals surface area contributed by atoms with E-state index in [-0.39, 0.29) is 5.78 Å². The number of hydrogen-bond donors (Lipinski definition) is 0. The first-order valence-electron chi connectivity index (χ1n) is 5.62. The average molecular weight is 375 g/mol. The van der Waals surface area contributed by atoms with Gasteiger partial charge in [-0.25, -0.2) is 0 Å². The fourth-order valence-corrected chi connectivity index (χ4v) is 3.63. The highest BCUT2D eigenvalue weighted by Crippen LogP contribution is 2.49. The minimum Gasteiger partial charge on any atom is -0.497 e. The smallest absolute Gasteiger partial charge is 0.168 e. The van der Waals surface area contributed by atoms with Gasteiger partial charge in [-0.3, -0.25) is 4.79 Å². The van der Waals surface area contributed by atoms with Crippen LogP contribution in [0.25, 0.3) is 0 Å². The van der Waals surface area contributed by atoms with E-state index in [9.17, 15) is 4.79 Å². The molecule has 0 spiro atoms. The second-order valence-electron chi connectivity index (χ2n) is 3.86. The fraction of sp³-hybridized carbons (Fsp3) is 0.308. The molecule has 1 heterocycles. The van der Waals surface area contributed by atoms with Crippen molar-refractivity contribution in [2.45, 2.75) is 18.7 Å². The van der Waals surface area contributed by atoms with E-state index in [1.165, 1.54) is 4.90 Å². The number of rotatable bonds is 3. The van der Waals surface area contributed by atoms with Crippen molar-refractivity contribution in [2.75, 3.05) is 18.6 Å². The number of fused-ring (bicyclic) bond motifs is 1. The van der Waals surface area contributed by atoms with Crippen LogP contribution in [0.15, 0.2) is 31.7 Å². The highest BCUT2D eigenvalue weighted by molar-refractivity contribution is 14.1. The Morgan fingerprint density at radius 1 is 1.50 bits per heavy atom. The maximum atomic E-state index is 11.5. The second kappa shape index (κ2) is 5.52. The third-order valence-electron chi connectivity index (χ3n) is 2.72. The normalized spacial score (nSPS) is 16.6. The van der Waals surface area contributed by atoms with Crippen molar-refractivity contribution < 1.29 is 9.53 Å². The van der Waals surface area contributed by atoms with Crippen LogP contribution in [0.4, 0.5) is 5.69 Å². The standard InChI is InChI=1S/C13H14INO2S/c1-4-15-10-7-9(17-3)5-6-11(10)18-13(15)12(14)8(2)16/h5-7H,4H2,1-3H3. The van der Waals surface area contributed by atoms with Crippen LogP contribution in [-0.2, 0) is 4.79 Å². The van der Waals surface area contributed by atoms with Crippen LogP contribution in [0.3, 0.4) is 0 Å². The molecule has 0 amide bonds. The van der Waals surface area contributed by atoms with Gasteiger partial charge in [-0.1, -0.05) is 11.8 Å². The number of hydrogen-bond acceptors (Lipinski definition) is 4. The Hall–Kier alpha value is -0.690. The van der Waals surface area contributed by atoms with Crippen molar-refractivity contribution in [3.05, 3.63) is 26.8 Å². The van der Waals surface area contributed by atoms with Crippen molar-refractivity contribution >= 4 is 45.8 Å². The zero-order valence-electron chi connectivity index (χ0n) is 10.5. The number of thioether (sulfide) groups is 1. The average Bonchev–Trinajstić information content (AvgIpc) is 2.74. The van der Waals surface area contributed by atoms with Crippen LogP contribution in [0, 0.1) is 0 Å². The zero-order chi connectivity index (χ0) is 13.3. The van der Waals surface area contributed by atoms with Gasteiger partial charge in [0.25, 0.3) is 0 Å². The predicted octanol–water partition coefficient (Wildman–Crippen LogP) is 3.82. The lowest BCUT2D eigenvalue weighted by Crippen LogP contribution is -2.18. The fourth-order valence-electron chi connectivity index (χ4n) is 1.82. The van der Waals surface area contributed by atoms with Gasteiger partial charge < -0.3 is 9.64 Å². The summed E-state index contributed by atoms with van der Waals surface area (Å²) < 4.78 is 6.04. The van der Waals surface area contributed by atoms with E-state index in [0.29, 0.717) is 0 Å². The Morgan fingerprint density at radius 3 is 2.78 bits per heavy atom. The molecule has 0 atom stereocenters. The first-order chi connectivity index (χ1) is 8.58. The number of carbonyl (C=O) groups is 1. The van der Waals surface area contributed by atoms with Crippen LogP contribution in [0.5, 0.6) is 5.75 Å². The monoisotopic (exact) mass is 375 g/mol. The summed E-state index contributed by atoms with van der Waals surface area (Å²) in [6, 6.07) is 6.00. The molecule has 0 unspecified atom stereocenters. The van der Waals surface area contributed by atoms with E-state index in [2.05, 4.69) is 34.4 Å². The molecule has 0 bridgehead atoms. The third-order valence-corrected chi connectivity index (χ3v) is 5.54. The minimum atomic E-state index is 0.108. The lowest BCUT2D eigenvalue weighted by molar-refractivity contribution is -0.112. The van der Waals surface area contributed by atoms with Gasteiger partial charge in [0, 0.05) is 17.5 Å². The van der Waals surface area contributed by atoms with Crippen LogP contribution in [-0.4, -0.2) is 19.4 Å². The molecule has 0 fully saturated rings. The quantitative estimate of drug-likeness (QED) is 0.594. The molecule has 3 nitrogen and oxygen atoms in total. The third kappa shape index (κ3) is 2.38. The first kappa shape index (κ1) is 13.7. The molecule has 0 N–H and O–H groups in total. The summed E-state index contributed by atoms with van der Waals surface area (Å²) in [6.45, 7) is 4.52. The molecule has 0 radical (unpaired) electrons. The van der Waals surface area contributed by atoms with Gasteiger partial charge in [0.05, 0.1) is 21.4 Å². The number of anilines is 1. The van der Waals surface area contributed by atoms with Crippen LogP contribution in [0.1, 0.15) is 13.8 Å². The minimum absolute atomic E-state index is 0.108. The second-order valence-corrected chi connectivity index (χ2v) is 5.96. The topological polar surface area (TPSA) is 29.5 Å². The Labute approximate surface area is 125 Å². The molecule has 2 rings (SSSR count). The summed E-state index contributed by atoms with van der Waals surface area (Å²) in [6.07, 6.45) is 0. The zero-order valence-corrected chi connectivity index (χ0v) is 13.5. The number of allylic oxidation sites excluding steroid dienone is 1. The van der Waals surface area contributed by atoms with E-state index in [4.69, 9.17) is 4.74 Å². The summed E-state index contributed by atoms with van der Waals surface area (Å²) in [5, 5.41) is 1.02. The number of nitrogens with zero attached hydrogens (tertiary/aromatic N) is 1. The molecule has 1 aliphatic rings. The Morgan fingerprint density at radius 2 is 2.22 bits per heavy atom. The molecule has 1 aromatic rings. The number of ketones is 1. The lowest BCUT2D eigenvalue weighted by atomic mass is 10.2. The largest absolute Gasteiger partial charge is 0.497 e. The maximum absolute atomic E-state index is 11.5. The van der Waals surface area contributed by atoms with Crippen molar-refractivity contribution in [1.29, 1.82) is 0 Å². The van der Waals surface area contributed by atoms with Gasteiger partial charge in [-0.05, 0) is 48.6 Å².